The molecule has 1 aromatic carbocycles. The Morgan fingerprint density at radius 3 is 2.55 bits per heavy atom. The zero-order valence-corrected chi connectivity index (χ0v) is 11.8. The first kappa shape index (κ1) is 13.3. The zero-order valence-electron chi connectivity index (χ0n) is 11.8. The number of hydrogen-bond acceptors (Lipinski definition) is 2. The Hall–Kier alpha value is -1.64. The molecule has 106 valence electrons. The Balaban J connectivity index is 1.61. The Kier molecular flexibility index (Phi) is 3.86. The molecule has 1 atom stereocenters. The molecule has 2 aliphatic rings. The van der Waals surface area contributed by atoms with Crippen LogP contribution in [0.2, 0.25) is 0 Å². The van der Waals surface area contributed by atoms with Gasteiger partial charge in [0, 0.05) is 13.0 Å². The fourth-order valence-electron chi connectivity index (χ4n) is 3.57. The number of amides is 1. The molecule has 1 unspecified atom stereocenters. The first-order chi connectivity index (χ1) is 9.78. The highest BCUT2D eigenvalue weighted by Gasteiger charge is 2.30. The maximum Gasteiger partial charge on any atom is 0.223 e. The summed E-state index contributed by atoms with van der Waals surface area (Å²) in [6.45, 7) is 0.752. The molecule has 1 saturated heterocycles. The predicted octanol–water partition coefficient (Wildman–Crippen LogP) is 2.37. The number of carbonyl (C=O) groups is 2. The molecule has 1 fully saturated rings. The van der Waals surface area contributed by atoms with Gasteiger partial charge in [0.2, 0.25) is 5.91 Å². The second-order valence-electron chi connectivity index (χ2n) is 6.03. The SMILES string of the molecule is O=CC1CCCCN1C(=O)CC1Cc2ccccc2C1. The molecule has 3 heteroatoms. The van der Waals surface area contributed by atoms with E-state index in [9.17, 15) is 9.59 Å². The summed E-state index contributed by atoms with van der Waals surface area (Å²) >= 11 is 0. The monoisotopic (exact) mass is 271 g/mol. The maximum atomic E-state index is 12.4. The summed E-state index contributed by atoms with van der Waals surface area (Å²) in [5.74, 6) is 0.578. The second kappa shape index (κ2) is 5.78. The topological polar surface area (TPSA) is 37.4 Å². The van der Waals surface area contributed by atoms with Crippen LogP contribution in [0.3, 0.4) is 0 Å². The van der Waals surface area contributed by atoms with Crippen LogP contribution in [-0.4, -0.2) is 29.7 Å². The number of fused-ring (bicyclic) bond motifs is 1. The molecule has 3 rings (SSSR count). The van der Waals surface area contributed by atoms with E-state index in [4.69, 9.17) is 0 Å². The van der Waals surface area contributed by atoms with Crippen LogP contribution in [-0.2, 0) is 22.4 Å². The van der Waals surface area contributed by atoms with Gasteiger partial charge in [-0.3, -0.25) is 4.79 Å². The summed E-state index contributed by atoms with van der Waals surface area (Å²) in [5, 5.41) is 0. The van der Waals surface area contributed by atoms with Crippen molar-refractivity contribution < 1.29 is 9.59 Å². The van der Waals surface area contributed by atoms with Crippen molar-refractivity contribution in [3.05, 3.63) is 35.4 Å². The summed E-state index contributed by atoms with van der Waals surface area (Å²) in [6, 6.07) is 8.27. The average molecular weight is 271 g/mol. The van der Waals surface area contributed by atoms with E-state index in [0.29, 0.717) is 12.3 Å². The van der Waals surface area contributed by atoms with Gasteiger partial charge in [-0.05, 0) is 49.1 Å². The third-order valence-corrected chi connectivity index (χ3v) is 4.63. The van der Waals surface area contributed by atoms with Crippen LogP contribution in [0.15, 0.2) is 24.3 Å². The number of carbonyl (C=O) groups excluding carboxylic acids is 2. The van der Waals surface area contributed by atoms with Gasteiger partial charge >= 0.3 is 0 Å². The van der Waals surface area contributed by atoms with Crippen LogP contribution < -0.4 is 0 Å². The molecule has 20 heavy (non-hydrogen) atoms. The Labute approximate surface area is 120 Å². The van der Waals surface area contributed by atoms with Gasteiger partial charge in [0.25, 0.3) is 0 Å². The molecular weight excluding hydrogens is 250 g/mol. The van der Waals surface area contributed by atoms with E-state index in [1.165, 1.54) is 11.1 Å². The smallest absolute Gasteiger partial charge is 0.223 e. The van der Waals surface area contributed by atoms with Crippen molar-refractivity contribution in [3.63, 3.8) is 0 Å². The molecule has 1 aliphatic heterocycles. The van der Waals surface area contributed by atoms with Crippen molar-refractivity contribution in [1.82, 2.24) is 4.90 Å². The summed E-state index contributed by atoms with van der Waals surface area (Å²) in [7, 11) is 0. The zero-order chi connectivity index (χ0) is 13.9. The molecule has 3 nitrogen and oxygen atoms in total. The first-order valence-electron chi connectivity index (χ1n) is 7.59. The van der Waals surface area contributed by atoms with Crippen molar-refractivity contribution in [2.75, 3.05) is 6.54 Å². The minimum absolute atomic E-state index is 0.166. The number of piperidine rings is 1. The average Bonchev–Trinajstić information content (AvgIpc) is 2.89. The van der Waals surface area contributed by atoms with Gasteiger partial charge in [0.05, 0.1) is 6.04 Å². The number of rotatable bonds is 3. The number of likely N-dealkylation sites (tertiary alicyclic amines) is 1. The molecule has 0 saturated carbocycles. The highest BCUT2D eigenvalue weighted by Crippen LogP contribution is 2.29. The van der Waals surface area contributed by atoms with Gasteiger partial charge in [-0.15, -0.1) is 0 Å². The summed E-state index contributed by atoms with van der Waals surface area (Å²) in [4.78, 5) is 25.3. The van der Waals surface area contributed by atoms with Crippen molar-refractivity contribution in [1.29, 1.82) is 0 Å². The Bertz CT molecular complexity index is 486. The van der Waals surface area contributed by atoms with E-state index < -0.39 is 0 Å². The normalized spacial score (nSPS) is 22.6. The molecule has 1 amide bonds. The first-order valence-corrected chi connectivity index (χ1v) is 7.59. The summed E-state index contributed by atoms with van der Waals surface area (Å²) in [6.07, 6.45) is 6.45. The third kappa shape index (κ3) is 2.62. The molecule has 0 radical (unpaired) electrons. The van der Waals surface area contributed by atoms with Crippen LogP contribution >= 0.6 is 0 Å². The second-order valence-corrected chi connectivity index (χ2v) is 6.03. The maximum absolute atomic E-state index is 12.4. The van der Waals surface area contributed by atoms with Crippen LogP contribution in [0.25, 0.3) is 0 Å². The number of aldehydes is 1. The molecular formula is C17H21NO2. The Morgan fingerprint density at radius 1 is 1.20 bits per heavy atom. The minimum Gasteiger partial charge on any atom is -0.333 e. The third-order valence-electron chi connectivity index (χ3n) is 4.63. The quantitative estimate of drug-likeness (QED) is 0.792. The molecule has 1 heterocycles. The standard InChI is InChI=1S/C17H21NO2/c19-12-16-7-3-4-8-18(16)17(20)11-13-9-14-5-1-2-6-15(14)10-13/h1-2,5-6,12-13,16H,3-4,7-11H2. The van der Waals surface area contributed by atoms with Gasteiger partial charge in [-0.2, -0.15) is 0 Å². The largest absolute Gasteiger partial charge is 0.333 e. The van der Waals surface area contributed by atoms with Crippen LogP contribution in [0.1, 0.15) is 36.8 Å². The highest BCUT2D eigenvalue weighted by molar-refractivity contribution is 5.80. The molecule has 0 spiro atoms. The van der Waals surface area contributed by atoms with Crippen molar-refractivity contribution in [2.24, 2.45) is 5.92 Å². The summed E-state index contributed by atoms with van der Waals surface area (Å²) in [5.41, 5.74) is 2.77. The predicted molar refractivity (Wildman–Crippen MR) is 77.4 cm³/mol. The minimum atomic E-state index is -0.181. The number of benzene rings is 1. The van der Waals surface area contributed by atoms with E-state index >= 15 is 0 Å². The molecule has 0 aromatic heterocycles. The molecule has 0 bridgehead atoms. The van der Waals surface area contributed by atoms with E-state index in [0.717, 1.165) is 44.9 Å². The lowest BCUT2D eigenvalue weighted by molar-refractivity contribution is -0.138. The lowest BCUT2D eigenvalue weighted by Crippen LogP contribution is -2.45. The van der Waals surface area contributed by atoms with Gasteiger partial charge in [-0.1, -0.05) is 24.3 Å². The lowest BCUT2D eigenvalue weighted by atomic mass is 9.98. The van der Waals surface area contributed by atoms with Crippen LogP contribution in [0, 0.1) is 5.92 Å². The number of hydrogen-bond donors (Lipinski definition) is 0. The van der Waals surface area contributed by atoms with Gasteiger partial charge < -0.3 is 9.69 Å². The highest BCUT2D eigenvalue weighted by atomic mass is 16.2. The lowest BCUT2D eigenvalue weighted by Gasteiger charge is -2.33. The van der Waals surface area contributed by atoms with Gasteiger partial charge in [-0.25, -0.2) is 0 Å². The van der Waals surface area contributed by atoms with E-state index in [2.05, 4.69) is 24.3 Å². The molecule has 1 aromatic rings. The fraction of sp³-hybridized carbons (Fsp3) is 0.529. The van der Waals surface area contributed by atoms with Crippen molar-refractivity contribution in [2.45, 2.75) is 44.6 Å². The van der Waals surface area contributed by atoms with Crippen molar-refractivity contribution >= 4 is 12.2 Å². The summed E-state index contributed by atoms with van der Waals surface area (Å²) < 4.78 is 0. The van der Waals surface area contributed by atoms with Crippen LogP contribution in [0.4, 0.5) is 0 Å². The Morgan fingerprint density at radius 2 is 1.90 bits per heavy atom. The van der Waals surface area contributed by atoms with Crippen LogP contribution in [0.5, 0.6) is 0 Å². The van der Waals surface area contributed by atoms with E-state index in [-0.39, 0.29) is 11.9 Å². The molecule has 1 aliphatic carbocycles. The molecule has 0 N–H and O–H groups in total. The van der Waals surface area contributed by atoms with E-state index in [1.807, 2.05) is 0 Å². The van der Waals surface area contributed by atoms with Crippen molar-refractivity contribution in [3.8, 4) is 0 Å². The van der Waals surface area contributed by atoms with Gasteiger partial charge in [0.15, 0.2) is 0 Å². The van der Waals surface area contributed by atoms with E-state index in [1.54, 1.807) is 4.90 Å². The fourth-order valence-corrected chi connectivity index (χ4v) is 3.57. The number of nitrogens with zero attached hydrogens (tertiary/aromatic N) is 1. The van der Waals surface area contributed by atoms with Gasteiger partial charge in [0.1, 0.15) is 6.29 Å².